The van der Waals surface area contributed by atoms with E-state index in [0.29, 0.717) is 30.5 Å². The van der Waals surface area contributed by atoms with Gasteiger partial charge in [0.25, 0.3) is 0 Å². The third-order valence-corrected chi connectivity index (χ3v) is 5.99. The molecule has 43 heavy (non-hydrogen) atoms. The van der Waals surface area contributed by atoms with Crippen molar-refractivity contribution in [3.8, 4) is 11.8 Å². The summed E-state index contributed by atoms with van der Waals surface area (Å²) in [6, 6.07) is 13.7. The Hall–Kier alpha value is -4.46. The molecule has 2 aromatic carbocycles. The molecule has 0 fully saturated rings. The molecular formula is C28H33ClF3N7O4. The van der Waals surface area contributed by atoms with Crippen LogP contribution in [0.3, 0.4) is 0 Å². The van der Waals surface area contributed by atoms with E-state index in [4.69, 9.17) is 26.2 Å². The number of ether oxygens (including phenoxy) is 2. The molecule has 3 rings (SSSR count). The maximum absolute atomic E-state index is 12.8. The highest BCUT2D eigenvalue weighted by Gasteiger charge is 2.29. The third-order valence-electron chi connectivity index (χ3n) is 5.62. The van der Waals surface area contributed by atoms with Gasteiger partial charge in [0.15, 0.2) is 6.61 Å². The van der Waals surface area contributed by atoms with E-state index in [1.165, 1.54) is 0 Å². The van der Waals surface area contributed by atoms with E-state index in [9.17, 15) is 18.0 Å². The fourth-order valence-electron chi connectivity index (χ4n) is 3.33. The van der Waals surface area contributed by atoms with E-state index in [1.54, 1.807) is 36.4 Å². The molecule has 0 aliphatic carbocycles. The second-order valence-corrected chi connectivity index (χ2v) is 10.5. The normalized spacial score (nSPS) is 11.4. The number of nitrogens with zero attached hydrogens (tertiary/aromatic N) is 3. The van der Waals surface area contributed by atoms with Crippen LogP contribution in [0.4, 0.5) is 41.2 Å². The SMILES string of the molecule is C=C(CCl)COc1ccc(CNc2nc(Nc3ccc(NCC(C)(C)CNC(=O)O)cc3)nc(OCC(F)(F)F)n2)cc1. The van der Waals surface area contributed by atoms with E-state index >= 15 is 0 Å². The highest BCUT2D eigenvalue weighted by atomic mass is 35.5. The molecule has 232 valence electrons. The molecular weight excluding hydrogens is 591 g/mol. The van der Waals surface area contributed by atoms with Crippen molar-refractivity contribution in [3.05, 3.63) is 66.2 Å². The summed E-state index contributed by atoms with van der Waals surface area (Å²) in [6.07, 6.45) is -5.66. The number of benzene rings is 2. The lowest BCUT2D eigenvalue weighted by atomic mass is 9.93. The Morgan fingerprint density at radius 3 is 2.21 bits per heavy atom. The predicted molar refractivity (Wildman–Crippen MR) is 159 cm³/mol. The van der Waals surface area contributed by atoms with Crippen molar-refractivity contribution in [1.29, 1.82) is 0 Å². The van der Waals surface area contributed by atoms with E-state index in [2.05, 4.69) is 42.8 Å². The second kappa shape index (κ2) is 15.1. The van der Waals surface area contributed by atoms with Crippen LogP contribution in [0.15, 0.2) is 60.7 Å². The van der Waals surface area contributed by atoms with Gasteiger partial charge in [0, 0.05) is 36.9 Å². The number of halogens is 4. The van der Waals surface area contributed by atoms with Crippen molar-refractivity contribution in [2.75, 3.05) is 48.1 Å². The van der Waals surface area contributed by atoms with Gasteiger partial charge in [0.05, 0.1) is 0 Å². The van der Waals surface area contributed by atoms with Crippen molar-refractivity contribution >= 4 is 41.0 Å². The molecule has 1 heterocycles. The molecule has 15 heteroatoms. The van der Waals surface area contributed by atoms with Crippen molar-refractivity contribution < 1.29 is 32.5 Å². The first-order valence-corrected chi connectivity index (χ1v) is 13.6. The molecule has 3 aromatic rings. The Balaban J connectivity index is 1.66. The Morgan fingerprint density at radius 1 is 0.930 bits per heavy atom. The van der Waals surface area contributed by atoms with E-state index in [-0.39, 0.29) is 30.4 Å². The maximum atomic E-state index is 12.8. The van der Waals surface area contributed by atoms with E-state index in [1.807, 2.05) is 26.0 Å². The molecule has 0 unspecified atom stereocenters. The molecule has 0 bridgehead atoms. The lowest BCUT2D eigenvalue weighted by Gasteiger charge is -2.25. The second-order valence-electron chi connectivity index (χ2n) is 10.2. The van der Waals surface area contributed by atoms with Crippen LogP contribution in [0.2, 0.25) is 0 Å². The molecule has 5 N–H and O–H groups in total. The van der Waals surface area contributed by atoms with Crippen LogP contribution in [0.1, 0.15) is 19.4 Å². The largest absolute Gasteiger partial charge is 0.489 e. The summed E-state index contributed by atoms with van der Waals surface area (Å²) in [6.45, 7) is 7.39. The molecule has 0 saturated carbocycles. The number of aromatic nitrogens is 3. The smallest absolute Gasteiger partial charge is 0.422 e. The Kier molecular flexibility index (Phi) is 11.6. The van der Waals surface area contributed by atoms with Gasteiger partial charge in [-0.3, -0.25) is 0 Å². The maximum Gasteiger partial charge on any atom is 0.422 e. The van der Waals surface area contributed by atoms with Gasteiger partial charge in [0.1, 0.15) is 12.4 Å². The summed E-state index contributed by atoms with van der Waals surface area (Å²) in [7, 11) is 0. The minimum Gasteiger partial charge on any atom is -0.489 e. The number of carboxylic acid groups (broad SMARTS) is 1. The van der Waals surface area contributed by atoms with Crippen LogP contribution < -0.4 is 30.7 Å². The molecule has 0 spiro atoms. The van der Waals surface area contributed by atoms with Crippen LogP contribution >= 0.6 is 11.6 Å². The lowest BCUT2D eigenvalue weighted by Crippen LogP contribution is -2.37. The van der Waals surface area contributed by atoms with Gasteiger partial charge >= 0.3 is 18.3 Å². The van der Waals surface area contributed by atoms with E-state index < -0.39 is 24.9 Å². The summed E-state index contributed by atoms with van der Waals surface area (Å²) in [5.74, 6) is 0.906. The molecule has 0 aliphatic heterocycles. The zero-order valence-electron chi connectivity index (χ0n) is 23.6. The van der Waals surface area contributed by atoms with Gasteiger partial charge in [-0.15, -0.1) is 11.6 Å². The zero-order chi connectivity index (χ0) is 31.5. The molecule has 0 saturated heterocycles. The van der Waals surface area contributed by atoms with Gasteiger partial charge in [-0.2, -0.15) is 28.1 Å². The number of rotatable bonds is 16. The summed E-state index contributed by atoms with van der Waals surface area (Å²) in [5.41, 5.74) is 2.58. The molecule has 11 nitrogen and oxygen atoms in total. The summed E-state index contributed by atoms with van der Waals surface area (Å²) in [5, 5.41) is 20.4. The standard InChI is InChI=1S/C28H33ClF3N7O4/c1-18(12-29)14-42-22-10-4-19(5-11-22)13-33-23-37-24(39-25(38-23)43-17-28(30,31)32)36-21-8-6-20(7-9-21)34-15-27(2,3)16-35-26(40)41/h4-11,34-35H,1,12-17H2,2-3H3,(H,40,41)(H2,33,36,37,38,39). The molecule has 0 atom stereocenters. The first kappa shape index (κ1) is 33.0. The Labute approximate surface area is 251 Å². The quantitative estimate of drug-likeness (QED) is 0.0945. The number of anilines is 4. The van der Waals surface area contributed by atoms with Crippen molar-refractivity contribution in [1.82, 2.24) is 20.3 Å². The topological polar surface area (TPSA) is 143 Å². The van der Waals surface area contributed by atoms with Crippen LogP contribution in [0.5, 0.6) is 11.8 Å². The van der Waals surface area contributed by atoms with Crippen LogP contribution in [-0.4, -0.2) is 64.5 Å². The van der Waals surface area contributed by atoms with Crippen molar-refractivity contribution in [2.45, 2.75) is 26.6 Å². The first-order chi connectivity index (χ1) is 20.3. The minimum absolute atomic E-state index is 0.00361. The summed E-state index contributed by atoms with van der Waals surface area (Å²) in [4.78, 5) is 23.0. The monoisotopic (exact) mass is 623 g/mol. The number of hydrogen-bond donors (Lipinski definition) is 5. The number of hydrogen-bond acceptors (Lipinski definition) is 9. The number of carbonyl (C=O) groups is 1. The lowest BCUT2D eigenvalue weighted by molar-refractivity contribution is -0.154. The number of nitrogens with one attached hydrogen (secondary N) is 4. The highest BCUT2D eigenvalue weighted by Crippen LogP contribution is 2.23. The molecule has 1 aromatic heterocycles. The van der Waals surface area contributed by atoms with Crippen molar-refractivity contribution in [3.63, 3.8) is 0 Å². The third kappa shape index (κ3) is 12.5. The van der Waals surface area contributed by atoms with Crippen LogP contribution in [-0.2, 0) is 6.54 Å². The van der Waals surface area contributed by atoms with Gasteiger partial charge in [-0.05, 0) is 52.9 Å². The molecule has 0 radical (unpaired) electrons. The average molecular weight is 624 g/mol. The minimum atomic E-state index is -4.57. The Bertz CT molecular complexity index is 1360. The van der Waals surface area contributed by atoms with Gasteiger partial charge in [-0.25, -0.2) is 4.79 Å². The summed E-state index contributed by atoms with van der Waals surface area (Å²) < 4.78 is 48.7. The molecule has 0 aliphatic rings. The van der Waals surface area contributed by atoms with Crippen LogP contribution in [0, 0.1) is 5.41 Å². The van der Waals surface area contributed by atoms with Crippen molar-refractivity contribution in [2.24, 2.45) is 5.41 Å². The van der Waals surface area contributed by atoms with Gasteiger partial charge < -0.3 is 35.8 Å². The average Bonchev–Trinajstić information content (AvgIpc) is 2.96. The number of alkyl halides is 4. The zero-order valence-corrected chi connectivity index (χ0v) is 24.3. The van der Waals surface area contributed by atoms with E-state index in [0.717, 1.165) is 16.8 Å². The Morgan fingerprint density at radius 2 is 1.58 bits per heavy atom. The fraction of sp³-hybridized carbons (Fsp3) is 0.357. The fourth-order valence-corrected chi connectivity index (χ4v) is 3.41. The van der Waals surface area contributed by atoms with Gasteiger partial charge in [0.2, 0.25) is 11.9 Å². The number of amides is 1. The highest BCUT2D eigenvalue weighted by molar-refractivity contribution is 6.19. The molecule has 1 amide bonds. The predicted octanol–water partition coefficient (Wildman–Crippen LogP) is 6.05. The van der Waals surface area contributed by atoms with Gasteiger partial charge in [-0.1, -0.05) is 32.6 Å². The first-order valence-electron chi connectivity index (χ1n) is 13.0. The van der Waals surface area contributed by atoms with Crippen LogP contribution in [0.25, 0.3) is 0 Å². The summed E-state index contributed by atoms with van der Waals surface area (Å²) >= 11 is 5.71.